The van der Waals surface area contributed by atoms with Gasteiger partial charge in [0.05, 0.1) is 23.4 Å². The molecule has 6 heteroatoms. The summed E-state index contributed by atoms with van der Waals surface area (Å²) in [5, 5.41) is 12.8. The summed E-state index contributed by atoms with van der Waals surface area (Å²) < 4.78 is 1.14. The first-order valence-corrected chi connectivity index (χ1v) is 6.77. The van der Waals surface area contributed by atoms with Crippen molar-refractivity contribution in [2.75, 3.05) is 18.1 Å². The van der Waals surface area contributed by atoms with E-state index < -0.39 is 0 Å². The van der Waals surface area contributed by atoms with E-state index in [1.165, 1.54) is 0 Å². The summed E-state index contributed by atoms with van der Waals surface area (Å²) in [5.41, 5.74) is 0.979. The van der Waals surface area contributed by atoms with Crippen LogP contribution < -0.4 is 10.2 Å². The van der Waals surface area contributed by atoms with Crippen LogP contribution in [0.2, 0.25) is 0 Å². The molecule has 2 N–H and O–H groups in total. The Labute approximate surface area is 114 Å². The summed E-state index contributed by atoms with van der Waals surface area (Å²) in [6.07, 6.45) is 3.57. The lowest BCUT2D eigenvalue weighted by Crippen LogP contribution is -2.41. The third-order valence-corrected chi connectivity index (χ3v) is 3.67. The van der Waals surface area contributed by atoms with Crippen molar-refractivity contribution in [2.45, 2.75) is 0 Å². The van der Waals surface area contributed by atoms with Crippen LogP contribution in [0.1, 0.15) is 0 Å². The SMILES string of the molecule is OCCNC1=NC=C[CH]N1c1nc2ccccc2s1. The van der Waals surface area contributed by atoms with Crippen LogP contribution in [0.25, 0.3) is 10.2 Å². The first-order chi connectivity index (χ1) is 9.38. The highest BCUT2D eigenvalue weighted by Gasteiger charge is 2.18. The van der Waals surface area contributed by atoms with E-state index in [0.717, 1.165) is 15.3 Å². The summed E-state index contributed by atoms with van der Waals surface area (Å²) in [5.74, 6) is 0.676. The largest absolute Gasteiger partial charge is 0.395 e. The van der Waals surface area contributed by atoms with Crippen LogP contribution in [0.15, 0.2) is 41.5 Å². The van der Waals surface area contributed by atoms with Crippen molar-refractivity contribution in [3.63, 3.8) is 0 Å². The number of para-hydroxylation sites is 1. The van der Waals surface area contributed by atoms with E-state index in [2.05, 4.69) is 15.3 Å². The van der Waals surface area contributed by atoms with Crippen LogP contribution in [-0.4, -0.2) is 29.2 Å². The predicted octanol–water partition coefficient (Wildman–Crippen LogP) is 1.73. The molecule has 0 atom stereocenters. The Morgan fingerprint density at radius 3 is 3.05 bits per heavy atom. The molecule has 3 rings (SSSR count). The smallest absolute Gasteiger partial charge is 0.205 e. The number of hydrogen-bond donors (Lipinski definition) is 2. The molecule has 1 aromatic carbocycles. The molecule has 1 aliphatic heterocycles. The average molecular weight is 273 g/mol. The fraction of sp³-hybridized carbons (Fsp3) is 0.154. The van der Waals surface area contributed by atoms with Crippen LogP contribution in [0.4, 0.5) is 5.13 Å². The van der Waals surface area contributed by atoms with Gasteiger partial charge in [-0.1, -0.05) is 23.5 Å². The van der Waals surface area contributed by atoms with E-state index >= 15 is 0 Å². The summed E-state index contributed by atoms with van der Waals surface area (Å²) in [6.45, 7) is 2.43. The zero-order valence-electron chi connectivity index (χ0n) is 10.2. The lowest BCUT2D eigenvalue weighted by Gasteiger charge is -2.23. The molecule has 1 aliphatic rings. The number of aromatic nitrogens is 1. The number of guanidine groups is 1. The predicted molar refractivity (Wildman–Crippen MR) is 78.1 cm³/mol. The van der Waals surface area contributed by atoms with Crippen molar-refractivity contribution in [3.05, 3.63) is 43.1 Å². The number of nitrogens with zero attached hydrogens (tertiary/aromatic N) is 3. The summed E-state index contributed by atoms with van der Waals surface area (Å²) in [4.78, 5) is 10.8. The van der Waals surface area contributed by atoms with Gasteiger partial charge in [-0.25, -0.2) is 9.98 Å². The van der Waals surface area contributed by atoms with E-state index in [1.54, 1.807) is 17.5 Å². The van der Waals surface area contributed by atoms with Crippen LogP contribution in [0, 0.1) is 6.54 Å². The number of benzene rings is 1. The summed E-state index contributed by atoms with van der Waals surface area (Å²) in [6, 6.07) is 8.02. The molecule has 2 heterocycles. The van der Waals surface area contributed by atoms with Gasteiger partial charge in [-0.3, -0.25) is 4.90 Å². The van der Waals surface area contributed by atoms with Gasteiger partial charge in [0.15, 0.2) is 5.13 Å². The molecule has 0 aliphatic carbocycles. The second-order valence-corrected chi connectivity index (χ2v) is 4.94. The van der Waals surface area contributed by atoms with Gasteiger partial charge in [-0.05, 0) is 18.2 Å². The number of nitrogens with one attached hydrogen (secondary N) is 1. The van der Waals surface area contributed by atoms with Crippen LogP contribution in [-0.2, 0) is 0 Å². The van der Waals surface area contributed by atoms with Gasteiger partial charge >= 0.3 is 0 Å². The minimum atomic E-state index is 0.0659. The van der Waals surface area contributed by atoms with Gasteiger partial charge in [0.2, 0.25) is 5.96 Å². The van der Waals surface area contributed by atoms with Crippen LogP contribution in [0.5, 0.6) is 0 Å². The number of hydrogen-bond acceptors (Lipinski definition) is 6. The first kappa shape index (κ1) is 12.1. The zero-order chi connectivity index (χ0) is 13.1. The second-order valence-electron chi connectivity index (χ2n) is 3.93. The summed E-state index contributed by atoms with van der Waals surface area (Å²) in [7, 11) is 0. The minimum absolute atomic E-state index is 0.0659. The van der Waals surface area contributed by atoms with Crippen LogP contribution >= 0.6 is 11.3 Å². The van der Waals surface area contributed by atoms with E-state index in [0.29, 0.717) is 12.5 Å². The van der Waals surface area contributed by atoms with Crippen LogP contribution in [0.3, 0.4) is 0 Å². The molecule has 0 saturated heterocycles. The van der Waals surface area contributed by atoms with Crippen molar-refractivity contribution < 1.29 is 5.11 Å². The van der Waals surface area contributed by atoms with Crippen molar-refractivity contribution in [3.8, 4) is 0 Å². The highest BCUT2D eigenvalue weighted by molar-refractivity contribution is 7.22. The number of fused-ring (bicyclic) bond motifs is 1. The van der Waals surface area contributed by atoms with Gasteiger partial charge in [-0.15, -0.1) is 0 Å². The molecule has 0 spiro atoms. The maximum Gasteiger partial charge on any atom is 0.205 e. The average Bonchev–Trinajstić information content (AvgIpc) is 2.89. The topological polar surface area (TPSA) is 60.8 Å². The minimum Gasteiger partial charge on any atom is -0.395 e. The van der Waals surface area contributed by atoms with Crippen molar-refractivity contribution in [2.24, 2.45) is 4.99 Å². The maximum atomic E-state index is 8.89. The number of anilines is 1. The summed E-state index contributed by atoms with van der Waals surface area (Å²) >= 11 is 1.61. The Morgan fingerprint density at radius 2 is 2.21 bits per heavy atom. The van der Waals surface area contributed by atoms with Crippen molar-refractivity contribution >= 4 is 32.6 Å². The van der Waals surface area contributed by atoms with Crippen molar-refractivity contribution in [1.82, 2.24) is 10.3 Å². The number of rotatable bonds is 3. The molecular weight excluding hydrogens is 260 g/mol. The maximum absolute atomic E-state index is 8.89. The zero-order valence-corrected chi connectivity index (χ0v) is 11.0. The number of thiazole rings is 1. The second kappa shape index (κ2) is 5.38. The molecule has 2 aromatic rings. The number of aliphatic imine (C=N–C) groups is 1. The quantitative estimate of drug-likeness (QED) is 0.894. The fourth-order valence-electron chi connectivity index (χ4n) is 1.79. The lowest BCUT2D eigenvalue weighted by atomic mass is 10.3. The number of aliphatic hydroxyl groups excluding tert-OH is 1. The lowest BCUT2D eigenvalue weighted by molar-refractivity contribution is 0.300. The molecule has 0 unspecified atom stereocenters. The van der Waals surface area contributed by atoms with Gasteiger partial charge in [0.25, 0.3) is 0 Å². The Bertz CT molecular complexity index is 601. The van der Waals surface area contributed by atoms with Gasteiger partial charge < -0.3 is 10.4 Å². The Kier molecular flexibility index (Phi) is 3.43. The molecule has 1 radical (unpaired) electrons. The Hall–Kier alpha value is -1.92. The van der Waals surface area contributed by atoms with E-state index in [4.69, 9.17) is 5.11 Å². The molecule has 0 amide bonds. The molecule has 1 aromatic heterocycles. The van der Waals surface area contributed by atoms with Gasteiger partial charge in [0.1, 0.15) is 0 Å². The number of aliphatic hydroxyl groups is 1. The molecule has 0 saturated carbocycles. The highest BCUT2D eigenvalue weighted by Crippen LogP contribution is 2.29. The molecule has 0 fully saturated rings. The van der Waals surface area contributed by atoms with Crippen molar-refractivity contribution in [1.29, 1.82) is 0 Å². The molecule has 97 valence electrons. The standard InChI is InChI=1S/C13H13N4OS/c18-9-7-15-12-14-6-3-8-17(12)13-16-10-4-1-2-5-11(10)19-13/h1-6,8,18H,7,9H2,(H,14,15). The van der Waals surface area contributed by atoms with Gasteiger partial charge in [-0.2, -0.15) is 0 Å². The first-order valence-electron chi connectivity index (χ1n) is 5.96. The van der Waals surface area contributed by atoms with E-state index in [9.17, 15) is 0 Å². The monoisotopic (exact) mass is 273 g/mol. The van der Waals surface area contributed by atoms with E-state index in [1.807, 2.05) is 41.8 Å². The Morgan fingerprint density at radius 1 is 1.32 bits per heavy atom. The normalized spacial score (nSPS) is 14.8. The molecule has 0 bridgehead atoms. The molecule has 19 heavy (non-hydrogen) atoms. The third-order valence-electron chi connectivity index (χ3n) is 2.63. The highest BCUT2D eigenvalue weighted by atomic mass is 32.1. The third kappa shape index (κ3) is 2.45. The fourth-order valence-corrected chi connectivity index (χ4v) is 2.74. The Balaban J connectivity index is 1.91. The molecule has 5 nitrogen and oxygen atoms in total. The van der Waals surface area contributed by atoms with Gasteiger partial charge in [0, 0.05) is 12.7 Å². The molecular formula is C13H13N4OS. The van der Waals surface area contributed by atoms with E-state index in [-0.39, 0.29) is 6.61 Å².